The molecule has 0 aliphatic heterocycles. The van der Waals surface area contributed by atoms with Crippen LogP contribution in [0.15, 0.2) is 24.3 Å². The molecule has 0 aromatic heterocycles. The second-order valence-corrected chi connectivity index (χ2v) is 7.41. The predicted molar refractivity (Wildman–Crippen MR) is 92.6 cm³/mol. The van der Waals surface area contributed by atoms with Gasteiger partial charge in [-0.3, -0.25) is 9.59 Å². The van der Waals surface area contributed by atoms with Crippen molar-refractivity contribution < 1.29 is 14.0 Å². The summed E-state index contributed by atoms with van der Waals surface area (Å²) < 4.78 is 13.1. The molecule has 0 saturated carbocycles. The number of benzene rings is 1. The van der Waals surface area contributed by atoms with E-state index in [9.17, 15) is 14.0 Å². The summed E-state index contributed by atoms with van der Waals surface area (Å²) in [6.45, 7) is 9.48. The molecule has 0 spiro atoms. The maximum atomic E-state index is 13.1. The summed E-state index contributed by atoms with van der Waals surface area (Å²) >= 11 is 0. The van der Waals surface area contributed by atoms with Gasteiger partial charge in [-0.15, -0.1) is 0 Å². The number of nitrogens with one attached hydrogen (secondary N) is 2. The van der Waals surface area contributed by atoms with Gasteiger partial charge in [0, 0.05) is 0 Å². The lowest BCUT2D eigenvalue weighted by Crippen LogP contribution is -2.48. The highest BCUT2D eigenvalue weighted by molar-refractivity contribution is 5.87. The molecule has 1 rings (SSSR count). The van der Waals surface area contributed by atoms with Gasteiger partial charge in [-0.25, -0.2) is 4.39 Å². The number of hydrogen-bond donors (Lipinski definition) is 3. The van der Waals surface area contributed by atoms with Gasteiger partial charge in [0.1, 0.15) is 5.82 Å². The zero-order valence-corrected chi connectivity index (χ0v) is 15.0. The maximum absolute atomic E-state index is 13.1. The first-order valence-corrected chi connectivity index (χ1v) is 8.10. The Labute approximate surface area is 143 Å². The molecule has 2 amide bonds. The van der Waals surface area contributed by atoms with Crippen LogP contribution in [0, 0.1) is 17.2 Å². The number of hydrogen-bond acceptors (Lipinski definition) is 3. The molecule has 24 heavy (non-hydrogen) atoms. The second-order valence-electron chi connectivity index (χ2n) is 7.41. The Hall–Kier alpha value is -1.95. The molecule has 6 heteroatoms. The highest BCUT2D eigenvalue weighted by Gasteiger charge is 2.28. The number of carbonyl (C=O) groups is 2. The lowest BCUT2D eigenvalue weighted by Gasteiger charge is -2.32. The third-order valence-electron chi connectivity index (χ3n) is 3.82. The smallest absolute Gasteiger partial charge is 0.239 e. The molecule has 0 heterocycles. The standard InChI is InChI=1S/C18H28FN3O2/c1-11(2)15(20)17(24)21-10-14(23)22-16(18(3,4)5)12-6-8-13(19)9-7-12/h6-9,11,15-16H,10,20H2,1-5H3,(H,21,24)(H,22,23)/t15-,16?/m0/s1. The minimum atomic E-state index is -0.645. The lowest BCUT2D eigenvalue weighted by atomic mass is 9.82. The Morgan fingerprint density at radius 2 is 1.71 bits per heavy atom. The van der Waals surface area contributed by atoms with Gasteiger partial charge in [0.05, 0.1) is 18.6 Å². The van der Waals surface area contributed by atoms with E-state index in [0.717, 1.165) is 5.56 Å². The van der Waals surface area contributed by atoms with Crippen molar-refractivity contribution >= 4 is 11.8 Å². The van der Waals surface area contributed by atoms with Crippen molar-refractivity contribution in [1.82, 2.24) is 10.6 Å². The Morgan fingerprint density at radius 3 is 2.17 bits per heavy atom. The van der Waals surface area contributed by atoms with Crippen LogP contribution < -0.4 is 16.4 Å². The van der Waals surface area contributed by atoms with Crippen LogP contribution in [0.5, 0.6) is 0 Å². The molecule has 134 valence electrons. The summed E-state index contributed by atoms with van der Waals surface area (Å²) in [7, 11) is 0. The number of amides is 2. The fourth-order valence-electron chi connectivity index (χ4n) is 2.26. The average Bonchev–Trinajstić information content (AvgIpc) is 2.49. The molecule has 0 bridgehead atoms. The minimum Gasteiger partial charge on any atom is -0.347 e. The Bertz CT molecular complexity index is 565. The molecule has 4 N–H and O–H groups in total. The van der Waals surface area contributed by atoms with E-state index in [1.165, 1.54) is 12.1 Å². The van der Waals surface area contributed by atoms with E-state index >= 15 is 0 Å². The zero-order chi connectivity index (χ0) is 18.5. The molecule has 0 saturated heterocycles. The van der Waals surface area contributed by atoms with Crippen LogP contribution in [-0.4, -0.2) is 24.4 Å². The van der Waals surface area contributed by atoms with Crippen LogP contribution in [0.1, 0.15) is 46.2 Å². The van der Waals surface area contributed by atoms with Gasteiger partial charge >= 0.3 is 0 Å². The second kappa shape index (κ2) is 8.24. The van der Waals surface area contributed by atoms with Crippen LogP contribution in [0.25, 0.3) is 0 Å². The summed E-state index contributed by atoms with van der Waals surface area (Å²) in [5.74, 6) is -1.000. The van der Waals surface area contributed by atoms with Crippen LogP contribution >= 0.6 is 0 Å². The largest absolute Gasteiger partial charge is 0.347 e. The monoisotopic (exact) mass is 337 g/mol. The molecule has 1 aromatic rings. The summed E-state index contributed by atoms with van der Waals surface area (Å²) in [5, 5.41) is 5.44. The number of nitrogens with two attached hydrogens (primary N) is 1. The van der Waals surface area contributed by atoms with Crippen molar-refractivity contribution in [3.8, 4) is 0 Å². The normalized spacial score (nSPS) is 14.2. The van der Waals surface area contributed by atoms with Gasteiger partial charge in [-0.1, -0.05) is 46.8 Å². The van der Waals surface area contributed by atoms with Crippen LogP contribution in [-0.2, 0) is 9.59 Å². The van der Waals surface area contributed by atoms with E-state index in [1.54, 1.807) is 12.1 Å². The lowest BCUT2D eigenvalue weighted by molar-refractivity contribution is -0.128. The SMILES string of the molecule is CC(C)[C@H](N)C(=O)NCC(=O)NC(c1ccc(F)cc1)C(C)(C)C. The first-order chi connectivity index (χ1) is 11.0. The highest BCUT2D eigenvalue weighted by Crippen LogP contribution is 2.32. The summed E-state index contributed by atoms with van der Waals surface area (Å²) in [6, 6.07) is 5.08. The van der Waals surface area contributed by atoms with E-state index in [0.29, 0.717) is 0 Å². The first-order valence-electron chi connectivity index (χ1n) is 8.10. The fraction of sp³-hybridized carbons (Fsp3) is 0.556. The zero-order valence-electron chi connectivity index (χ0n) is 15.0. The van der Waals surface area contributed by atoms with Crippen molar-refractivity contribution in [3.63, 3.8) is 0 Å². The highest BCUT2D eigenvalue weighted by atomic mass is 19.1. The van der Waals surface area contributed by atoms with Crippen molar-refractivity contribution in [2.24, 2.45) is 17.1 Å². The predicted octanol–water partition coefficient (Wildman–Crippen LogP) is 2.13. The maximum Gasteiger partial charge on any atom is 0.239 e. The van der Waals surface area contributed by atoms with E-state index in [2.05, 4.69) is 10.6 Å². The van der Waals surface area contributed by atoms with Crippen LogP contribution in [0.3, 0.4) is 0 Å². The van der Waals surface area contributed by atoms with Gasteiger partial charge in [0.25, 0.3) is 0 Å². The molecule has 0 radical (unpaired) electrons. The molecule has 1 aromatic carbocycles. The topological polar surface area (TPSA) is 84.2 Å². The van der Waals surface area contributed by atoms with Gasteiger partial charge in [0.15, 0.2) is 0 Å². The third kappa shape index (κ3) is 5.92. The molecule has 5 nitrogen and oxygen atoms in total. The van der Waals surface area contributed by atoms with E-state index in [1.807, 2.05) is 34.6 Å². The summed E-state index contributed by atoms with van der Waals surface area (Å²) in [6.07, 6.45) is 0. The van der Waals surface area contributed by atoms with Crippen molar-refractivity contribution in [2.75, 3.05) is 6.54 Å². The van der Waals surface area contributed by atoms with Gasteiger partial charge in [-0.05, 0) is 29.0 Å². The quantitative estimate of drug-likeness (QED) is 0.743. The third-order valence-corrected chi connectivity index (χ3v) is 3.82. The van der Waals surface area contributed by atoms with Crippen LogP contribution in [0.2, 0.25) is 0 Å². The van der Waals surface area contributed by atoms with E-state index in [-0.39, 0.29) is 41.6 Å². The van der Waals surface area contributed by atoms with Crippen molar-refractivity contribution in [3.05, 3.63) is 35.6 Å². The minimum absolute atomic E-state index is 0.00500. The Morgan fingerprint density at radius 1 is 1.17 bits per heavy atom. The molecule has 1 unspecified atom stereocenters. The van der Waals surface area contributed by atoms with Gasteiger partial charge in [0.2, 0.25) is 11.8 Å². The summed E-state index contributed by atoms with van der Waals surface area (Å²) in [5.41, 5.74) is 6.28. The molecular formula is C18H28FN3O2. The molecule has 0 aliphatic carbocycles. The summed E-state index contributed by atoms with van der Waals surface area (Å²) in [4.78, 5) is 24.0. The Kier molecular flexibility index (Phi) is 6.90. The number of carbonyl (C=O) groups excluding carboxylic acids is 2. The van der Waals surface area contributed by atoms with Crippen LogP contribution in [0.4, 0.5) is 4.39 Å². The van der Waals surface area contributed by atoms with Crippen molar-refractivity contribution in [2.45, 2.75) is 46.7 Å². The Balaban J connectivity index is 2.72. The van der Waals surface area contributed by atoms with Gasteiger partial charge < -0.3 is 16.4 Å². The molecule has 0 fully saturated rings. The van der Waals surface area contributed by atoms with E-state index in [4.69, 9.17) is 5.73 Å². The molecular weight excluding hydrogens is 309 g/mol. The molecule has 2 atom stereocenters. The average molecular weight is 337 g/mol. The molecule has 0 aliphatic rings. The van der Waals surface area contributed by atoms with E-state index < -0.39 is 6.04 Å². The number of halogens is 1. The van der Waals surface area contributed by atoms with Crippen molar-refractivity contribution in [1.29, 1.82) is 0 Å². The number of rotatable bonds is 6. The first kappa shape index (κ1) is 20.1. The van der Waals surface area contributed by atoms with Gasteiger partial charge in [-0.2, -0.15) is 0 Å². The fourth-order valence-corrected chi connectivity index (χ4v) is 2.26.